The van der Waals surface area contributed by atoms with Gasteiger partial charge in [0.1, 0.15) is 30.2 Å². The van der Waals surface area contributed by atoms with Gasteiger partial charge < -0.3 is 4.74 Å². The van der Waals surface area contributed by atoms with E-state index in [2.05, 4.69) is 10.1 Å². The van der Waals surface area contributed by atoms with Gasteiger partial charge in [0.25, 0.3) is 0 Å². The van der Waals surface area contributed by atoms with Gasteiger partial charge >= 0.3 is 5.97 Å². The van der Waals surface area contributed by atoms with Crippen LogP contribution in [0.15, 0.2) is 30.9 Å². The van der Waals surface area contributed by atoms with Crippen LogP contribution in [0.5, 0.6) is 0 Å². The van der Waals surface area contributed by atoms with Gasteiger partial charge in [-0.05, 0) is 24.1 Å². The van der Waals surface area contributed by atoms with Crippen LogP contribution in [0.25, 0.3) is 5.69 Å². The Labute approximate surface area is 121 Å². The lowest BCUT2D eigenvalue weighted by Crippen LogP contribution is -2.52. The number of benzene rings is 1. The lowest BCUT2D eigenvalue weighted by Gasteiger charge is -2.38. The van der Waals surface area contributed by atoms with E-state index in [1.54, 1.807) is 6.07 Å². The minimum atomic E-state index is -0.367. The first-order chi connectivity index (χ1) is 10.2. The predicted octanol–water partition coefficient (Wildman–Crippen LogP) is 1.15. The maximum absolute atomic E-state index is 14.1. The third-order valence-electron chi connectivity index (χ3n) is 3.67. The Morgan fingerprint density at radius 1 is 1.52 bits per heavy atom. The normalized spacial score (nSPS) is 18.3. The Morgan fingerprint density at radius 3 is 2.95 bits per heavy atom. The molecule has 1 aliphatic rings. The van der Waals surface area contributed by atoms with E-state index >= 15 is 0 Å². The van der Waals surface area contributed by atoms with Crippen molar-refractivity contribution in [3.05, 3.63) is 42.2 Å². The van der Waals surface area contributed by atoms with E-state index in [-0.39, 0.29) is 17.8 Å². The van der Waals surface area contributed by atoms with E-state index in [9.17, 15) is 9.18 Å². The molecule has 1 aliphatic heterocycles. The lowest BCUT2D eigenvalue weighted by molar-refractivity contribution is -0.152. The van der Waals surface area contributed by atoms with E-state index in [4.69, 9.17) is 4.74 Å². The lowest BCUT2D eigenvalue weighted by atomic mass is 10.0. The van der Waals surface area contributed by atoms with Gasteiger partial charge in [-0.2, -0.15) is 5.10 Å². The SMILES string of the molecule is COC(=O)C1CCN1Cc1ccc(-n2cncn2)c(F)c1. The summed E-state index contributed by atoms with van der Waals surface area (Å²) in [5, 5.41) is 3.91. The Balaban J connectivity index is 1.73. The second-order valence-corrected chi connectivity index (χ2v) is 4.92. The van der Waals surface area contributed by atoms with Crippen LogP contribution in [0.4, 0.5) is 4.39 Å². The first-order valence-corrected chi connectivity index (χ1v) is 6.64. The number of carbonyl (C=O) groups excluding carboxylic acids is 1. The Hall–Kier alpha value is -2.28. The third-order valence-corrected chi connectivity index (χ3v) is 3.67. The number of carbonyl (C=O) groups is 1. The number of nitrogens with zero attached hydrogens (tertiary/aromatic N) is 4. The van der Waals surface area contributed by atoms with E-state index in [1.165, 1.54) is 30.5 Å². The van der Waals surface area contributed by atoms with Crippen LogP contribution >= 0.6 is 0 Å². The fraction of sp³-hybridized carbons (Fsp3) is 0.357. The fourth-order valence-corrected chi connectivity index (χ4v) is 2.43. The first-order valence-electron chi connectivity index (χ1n) is 6.64. The molecule has 1 fully saturated rings. The molecular formula is C14H15FN4O2. The summed E-state index contributed by atoms with van der Waals surface area (Å²) in [6, 6.07) is 4.73. The molecule has 0 saturated carbocycles. The summed E-state index contributed by atoms with van der Waals surface area (Å²) in [5.74, 6) is -0.603. The van der Waals surface area contributed by atoms with Gasteiger partial charge in [-0.1, -0.05) is 6.07 Å². The number of ether oxygens (including phenoxy) is 1. The van der Waals surface area contributed by atoms with Crippen LogP contribution in [0.3, 0.4) is 0 Å². The average Bonchev–Trinajstić information content (AvgIpc) is 2.97. The quantitative estimate of drug-likeness (QED) is 0.791. The van der Waals surface area contributed by atoms with Gasteiger partial charge in [0, 0.05) is 13.1 Å². The number of esters is 1. The van der Waals surface area contributed by atoms with Crippen molar-refractivity contribution in [2.75, 3.05) is 13.7 Å². The predicted molar refractivity (Wildman–Crippen MR) is 72.1 cm³/mol. The third kappa shape index (κ3) is 2.64. The Bertz CT molecular complexity index is 644. The number of hydrogen-bond acceptors (Lipinski definition) is 5. The smallest absolute Gasteiger partial charge is 0.323 e. The van der Waals surface area contributed by atoms with Crippen molar-refractivity contribution in [3.63, 3.8) is 0 Å². The molecule has 0 N–H and O–H groups in total. The Morgan fingerprint density at radius 2 is 2.38 bits per heavy atom. The Kier molecular flexibility index (Phi) is 3.66. The molecule has 2 heterocycles. The van der Waals surface area contributed by atoms with Crippen LogP contribution in [0.1, 0.15) is 12.0 Å². The molecule has 0 radical (unpaired) electrons. The zero-order valence-corrected chi connectivity index (χ0v) is 11.6. The van der Waals surface area contributed by atoms with Gasteiger partial charge in [-0.15, -0.1) is 0 Å². The van der Waals surface area contributed by atoms with Crippen molar-refractivity contribution >= 4 is 5.97 Å². The van der Waals surface area contributed by atoms with E-state index in [0.29, 0.717) is 12.2 Å². The number of aromatic nitrogens is 3. The van der Waals surface area contributed by atoms with Crippen molar-refractivity contribution in [2.24, 2.45) is 0 Å². The summed E-state index contributed by atoms with van der Waals surface area (Å²) in [4.78, 5) is 17.3. The van der Waals surface area contributed by atoms with Crippen molar-refractivity contribution in [2.45, 2.75) is 19.0 Å². The molecule has 1 atom stereocenters. The molecule has 1 saturated heterocycles. The van der Waals surface area contributed by atoms with Gasteiger partial charge in [-0.25, -0.2) is 14.1 Å². The van der Waals surface area contributed by atoms with Gasteiger partial charge in [0.05, 0.1) is 7.11 Å². The zero-order chi connectivity index (χ0) is 14.8. The molecule has 3 rings (SSSR count). The molecule has 0 spiro atoms. The van der Waals surface area contributed by atoms with Crippen LogP contribution in [-0.2, 0) is 16.1 Å². The molecule has 0 aliphatic carbocycles. The summed E-state index contributed by atoms with van der Waals surface area (Å²) in [7, 11) is 1.38. The van der Waals surface area contributed by atoms with Crippen LogP contribution in [-0.4, -0.2) is 45.3 Å². The number of likely N-dealkylation sites (tertiary alicyclic amines) is 1. The van der Waals surface area contributed by atoms with Crippen molar-refractivity contribution in [1.29, 1.82) is 0 Å². The monoisotopic (exact) mass is 290 g/mol. The molecule has 1 aromatic carbocycles. The highest BCUT2D eigenvalue weighted by molar-refractivity contribution is 5.76. The second-order valence-electron chi connectivity index (χ2n) is 4.92. The molecule has 6 nitrogen and oxygen atoms in total. The maximum Gasteiger partial charge on any atom is 0.323 e. The first kappa shape index (κ1) is 13.7. The van der Waals surface area contributed by atoms with Gasteiger partial charge in [0.15, 0.2) is 0 Å². The number of halogens is 1. The minimum absolute atomic E-state index is 0.215. The summed E-state index contributed by atoms with van der Waals surface area (Å²) in [6.45, 7) is 1.33. The van der Waals surface area contributed by atoms with Gasteiger partial charge in [0.2, 0.25) is 0 Å². The standard InChI is InChI=1S/C14H15FN4O2/c1-21-14(20)13-4-5-18(13)7-10-2-3-12(11(15)6-10)19-9-16-8-17-19/h2-3,6,8-9,13H,4-5,7H2,1H3. The zero-order valence-electron chi connectivity index (χ0n) is 11.6. The van der Waals surface area contributed by atoms with Crippen molar-refractivity contribution < 1.29 is 13.9 Å². The highest BCUT2D eigenvalue weighted by Gasteiger charge is 2.34. The highest BCUT2D eigenvalue weighted by Crippen LogP contribution is 2.23. The molecule has 110 valence electrons. The minimum Gasteiger partial charge on any atom is -0.468 e. The van der Waals surface area contributed by atoms with Crippen LogP contribution in [0, 0.1) is 5.82 Å². The molecule has 21 heavy (non-hydrogen) atoms. The number of rotatable bonds is 4. The molecule has 2 aromatic rings. The molecule has 0 amide bonds. The van der Waals surface area contributed by atoms with Crippen molar-refractivity contribution in [1.82, 2.24) is 19.7 Å². The molecule has 1 aromatic heterocycles. The van der Waals surface area contributed by atoms with E-state index < -0.39 is 0 Å². The van der Waals surface area contributed by atoms with E-state index in [1.807, 2.05) is 11.0 Å². The van der Waals surface area contributed by atoms with Gasteiger partial charge in [-0.3, -0.25) is 9.69 Å². The summed E-state index contributed by atoms with van der Waals surface area (Å²) in [6.07, 6.45) is 3.58. The molecule has 7 heteroatoms. The average molecular weight is 290 g/mol. The second kappa shape index (κ2) is 5.61. The summed E-state index contributed by atoms with van der Waals surface area (Å²) < 4.78 is 20.2. The fourth-order valence-electron chi connectivity index (χ4n) is 2.43. The largest absolute Gasteiger partial charge is 0.468 e. The van der Waals surface area contributed by atoms with Crippen LogP contribution < -0.4 is 0 Å². The van der Waals surface area contributed by atoms with Crippen molar-refractivity contribution in [3.8, 4) is 5.69 Å². The number of hydrogen-bond donors (Lipinski definition) is 0. The molecule has 1 unspecified atom stereocenters. The molecule has 0 bridgehead atoms. The summed E-state index contributed by atoms with van der Waals surface area (Å²) >= 11 is 0. The highest BCUT2D eigenvalue weighted by atomic mass is 19.1. The maximum atomic E-state index is 14.1. The van der Waals surface area contributed by atoms with E-state index in [0.717, 1.165) is 18.5 Å². The van der Waals surface area contributed by atoms with Crippen LogP contribution in [0.2, 0.25) is 0 Å². The summed E-state index contributed by atoms with van der Waals surface area (Å²) in [5.41, 5.74) is 1.16. The molecular weight excluding hydrogens is 275 g/mol. The number of methoxy groups -OCH3 is 1. The topological polar surface area (TPSA) is 60.2 Å².